The summed E-state index contributed by atoms with van der Waals surface area (Å²) in [6, 6.07) is 1.62. The maximum atomic E-state index is 3.97. The molecule has 0 aliphatic heterocycles. The van der Waals surface area contributed by atoms with Gasteiger partial charge < -0.3 is 5.32 Å². The molecule has 0 heterocycles. The highest BCUT2D eigenvalue weighted by Crippen LogP contribution is 2.36. The second-order valence-corrected chi connectivity index (χ2v) is 8.15. The van der Waals surface area contributed by atoms with Crippen LogP contribution in [0.2, 0.25) is 0 Å². The summed E-state index contributed by atoms with van der Waals surface area (Å²) >= 11 is 2.17. The largest absolute Gasteiger partial charge is 0.310 e. The van der Waals surface area contributed by atoms with Crippen molar-refractivity contribution in [1.82, 2.24) is 5.32 Å². The minimum atomic E-state index is 0.603. The van der Waals surface area contributed by atoms with E-state index in [0.29, 0.717) is 5.41 Å². The van der Waals surface area contributed by atoms with Crippen LogP contribution in [0.25, 0.3) is 0 Å². The molecule has 0 aromatic carbocycles. The van der Waals surface area contributed by atoms with E-state index in [0.717, 1.165) is 17.3 Å². The minimum Gasteiger partial charge on any atom is -0.310 e. The molecule has 2 unspecified atom stereocenters. The molecule has 2 aliphatic rings. The van der Waals surface area contributed by atoms with E-state index < -0.39 is 0 Å². The third-order valence-corrected chi connectivity index (χ3v) is 5.95. The number of hydrogen-bond acceptors (Lipinski definition) is 2. The Bertz CT molecular complexity index is 229. The van der Waals surface area contributed by atoms with Crippen molar-refractivity contribution < 1.29 is 0 Å². The van der Waals surface area contributed by atoms with Crippen LogP contribution in [0, 0.1) is 5.41 Å². The highest BCUT2D eigenvalue weighted by molar-refractivity contribution is 7.99. The van der Waals surface area contributed by atoms with Gasteiger partial charge in [0.2, 0.25) is 0 Å². The molecular weight excluding hydrogens is 226 g/mol. The lowest BCUT2D eigenvalue weighted by molar-refractivity contribution is 0.199. The number of thioether (sulfide) groups is 1. The Morgan fingerprint density at radius 1 is 1.12 bits per heavy atom. The van der Waals surface area contributed by atoms with Crippen LogP contribution in [0.4, 0.5) is 0 Å². The Labute approximate surface area is 112 Å². The van der Waals surface area contributed by atoms with Gasteiger partial charge >= 0.3 is 0 Å². The molecule has 2 rings (SSSR count). The van der Waals surface area contributed by atoms with Crippen LogP contribution in [-0.4, -0.2) is 23.1 Å². The summed E-state index contributed by atoms with van der Waals surface area (Å²) in [5.74, 6) is 1.28. The topological polar surface area (TPSA) is 12.0 Å². The van der Waals surface area contributed by atoms with Crippen molar-refractivity contribution in [3.8, 4) is 0 Å². The molecule has 1 nitrogen and oxygen atoms in total. The molecular formula is C15H29NS. The quantitative estimate of drug-likeness (QED) is 0.807. The first-order valence-corrected chi connectivity index (χ1v) is 8.53. The monoisotopic (exact) mass is 255 g/mol. The molecule has 17 heavy (non-hydrogen) atoms. The Kier molecular flexibility index (Phi) is 4.82. The van der Waals surface area contributed by atoms with Gasteiger partial charge in [0.25, 0.3) is 0 Å². The van der Waals surface area contributed by atoms with Crippen molar-refractivity contribution in [2.24, 2.45) is 5.41 Å². The highest BCUT2D eigenvalue weighted by Gasteiger charge is 2.32. The van der Waals surface area contributed by atoms with Gasteiger partial charge in [0.1, 0.15) is 0 Å². The van der Waals surface area contributed by atoms with Gasteiger partial charge in [-0.3, -0.25) is 0 Å². The fourth-order valence-corrected chi connectivity index (χ4v) is 4.61. The van der Waals surface area contributed by atoms with E-state index >= 15 is 0 Å². The van der Waals surface area contributed by atoms with Gasteiger partial charge in [-0.1, -0.05) is 27.2 Å². The summed E-state index contributed by atoms with van der Waals surface area (Å²) < 4.78 is 0. The van der Waals surface area contributed by atoms with Crippen LogP contribution in [0.1, 0.15) is 65.7 Å². The van der Waals surface area contributed by atoms with Crippen molar-refractivity contribution >= 4 is 11.8 Å². The van der Waals surface area contributed by atoms with Crippen molar-refractivity contribution in [2.75, 3.05) is 5.75 Å². The molecule has 2 atom stereocenters. The summed E-state index contributed by atoms with van der Waals surface area (Å²) in [4.78, 5) is 0. The molecule has 1 N–H and O–H groups in total. The average molecular weight is 255 g/mol. The molecule has 2 heteroatoms. The lowest BCUT2D eigenvalue weighted by Gasteiger charge is -2.37. The molecule has 0 aromatic rings. The molecule has 0 saturated heterocycles. The van der Waals surface area contributed by atoms with Gasteiger partial charge in [0.05, 0.1) is 0 Å². The summed E-state index contributed by atoms with van der Waals surface area (Å²) in [7, 11) is 0. The maximum Gasteiger partial charge on any atom is 0.0201 e. The van der Waals surface area contributed by atoms with Crippen LogP contribution in [-0.2, 0) is 0 Å². The number of hydrogen-bond donors (Lipinski definition) is 1. The van der Waals surface area contributed by atoms with Gasteiger partial charge in [0, 0.05) is 17.3 Å². The zero-order valence-electron chi connectivity index (χ0n) is 11.8. The normalized spacial score (nSPS) is 34.1. The van der Waals surface area contributed by atoms with E-state index in [-0.39, 0.29) is 0 Å². The van der Waals surface area contributed by atoms with Gasteiger partial charge in [-0.25, -0.2) is 0 Å². The first-order chi connectivity index (χ1) is 8.11. The standard InChI is InChI=1S/C15H29NS/c1-4-17-14-7-5-6-13(14)16-12-8-10-15(2,3)11-9-12/h12-14,16H,4-11H2,1-3H3. The van der Waals surface area contributed by atoms with E-state index in [2.05, 4.69) is 37.8 Å². The lowest BCUT2D eigenvalue weighted by Crippen LogP contribution is -2.44. The Morgan fingerprint density at radius 3 is 2.47 bits per heavy atom. The molecule has 0 bridgehead atoms. The average Bonchev–Trinajstić information content (AvgIpc) is 2.70. The Balaban J connectivity index is 1.77. The van der Waals surface area contributed by atoms with Crippen LogP contribution in [0.15, 0.2) is 0 Å². The van der Waals surface area contributed by atoms with E-state index in [9.17, 15) is 0 Å². The second-order valence-electron chi connectivity index (χ2n) is 6.64. The zero-order valence-corrected chi connectivity index (χ0v) is 12.6. The molecule has 100 valence electrons. The molecule has 0 radical (unpaired) electrons. The summed E-state index contributed by atoms with van der Waals surface area (Å²) in [5, 5.41) is 4.87. The molecule has 0 spiro atoms. The first kappa shape index (κ1) is 13.7. The van der Waals surface area contributed by atoms with Crippen molar-refractivity contribution in [3.05, 3.63) is 0 Å². The van der Waals surface area contributed by atoms with Crippen molar-refractivity contribution in [3.63, 3.8) is 0 Å². The van der Waals surface area contributed by atoms with Gasteiger partial charge in [-0.05, 0) is 49.7 Å². The van der Waals surface area contributed by atoms with Crippen LogP contribution in [0.3, 0.4) is 0 Å². The number of nitrogens with one attached hydrogen (secondary N) is 1. The van der Waals surface area contributed by atoms with Crippen LogP contribution < -0.4 is 5.32 Å². The molecule has 0 aromatic heterocycles. The summed E-state index contributed by atoms with van der Waals surface area (Å²) in [6.07, 6.45) is 9.89. The van der Waals surface area contributed by atoms with E-state index in [1.54, 1.807) is 0 Å². The predicted molar refractivity (Wildman–Crippen MR) is 78.7 cm³/mol. The third kappa shape index (κ3) is 3.89. The SMILES string of the molecule is CCSC1CCCC1NC1CCC(C)(C)CC1. The van der Waals surface area contributed by atoms with E-state index in [1.165, 1.54) is 50.7 Å². The van der Waals surface area contributed by atoms with Crippen LogP contribution in [0.5, 0.6) is 0 Å². The lowest BCUT2D eigenvalue weighted by atomic mass is 9.75. The third-order valence-electron chi connectivity index (χ3n) is 4.62. The maximum absolute atomic E-state index is 3.97. The molecule has 2 fully saturated rings. The molecule has 2 aliphatic carbocycles. The fourth-order valence-electron chi connectivity index (χ4n) is 3.40. The van der Waals surface area contributed by atoms with Gasteiger partial charge in [0.15, 0.2) is 0 Å². The van der Waals surface area contributed by atoms with E-state index in [4.69, 9.17) is 0 Å². The number of rotatable bonds is 4. The molecule has 0 amide bonds. The Hall–Kier alpha value is 0.310. The fraction of sp³-hybridized carbons (Fsp3) is 1.00. The smallest absolute Gasteiger partial charge is 0.0201 e. The van der Waals surface area contributed by atoms with Crippen LogP contribution >= 0.6 is 11.8 Å². The summed E-state index contributed by atoms with van der Waals surface area (Å²) in [6.45, 7) is 7.15. The summed E-state index contributed by atoms with van der Waals surface area (Å²) in [5.41, 5.74) is 0.603. The second kappa shape index (κ2) is 5.97. The zero-order chi connectivity index (χ0) is 12.3. The van der Waals surface area contributed by atoms with Crippen molar-refractivity contribution in [1.29, 1.82) is 0 Å². The van der Waals surface area contributed by atoms with Gasteiger partial charge in [-0.2, -0.15) is 11.8 Å². The van der Waals surface area contributed by atoms with E-state index in [1.807, 2.05) is 0 Å². The highest BCUT2D eigenvalue weighted by atomic mass is 32.2. The predicted octanol–water partition coefficient (Wildman–Crippen LogP) is 4.22. The van der Waals surface area contributed by atoms with Crippen molar-refractivity contribution in [2.45, 2.75) is 83.1 Å². The minimum absolute atomic E-state index is 0.603. The van der Waals surface area contributed by atoms with Gasteiger partial charge in [-0.15, -0.1) is 0 Å². The Morgan fingerprint density at radius 2 is 1.82 bits per heavy atom. The molecule has 2 saturated carbocycles. The first-order valence-electron chi connectivity index (χ1n) is 7.48.